The van der Waals surface area contributed by atoms with Crippen LogP contribution in [0.5, 0.6) is 0 Å². The van der Waals surface area contributed by atoms with Crippen molar-refractivity contribution in [2.24, 2.45) is 5.41 Å². The minimum absolute atomic E-state index is 0.145. The van der Waals surface area contributed by atoms with Gasteiger partial charge in [0.15, 0.2) is 0 Å². The number of carbonyl (C=O) groups is 1. The molecule has 150 valence electrons. The molecule has 1 aromatic carbocycles. The number of ether oxygens (including phenoxy) is 1. The monoisotopic (exact) mass is 380 g/mol. The van der Waals surface area contributed by atoms with E-state index in [4.69, 9.17) is 4.74 Å². The van der Waals surface area contributed by atoms with Crippen LogP contribution in [0.25, 0.3) is 10.9 Å². The van der Waals surface area contributed by atoms with Gasteiger partial charge in [-0.1, -0.05) is 50.6 Å². The van der Waals surface area contributed by atoms with Crippen LogP contribution >= 0.6 is 0 Å². The van der Waals surface area contributed by atoms with Crippen molar-refractivity contribution in [2.75, 3.05) is 13.1 Å². The van der Waals surface area contributed by atoms with Gasteiger partial charge in [-0.3, -0.25) is 4.90 Å². The van der Waals surface area contributed by atoms with Gasteiger partial charge in [-0.05, 0) is 50.7 Å². The smallest absolute Gasteiger partial charge is 0.419 e. The summed E-state index contributed by atoms with van der Waals surface area (Å²) < 4.78 is 7.68. The van der Waals surface area contributed by atoms with Crippen LogP contribution in [0.1, 0.15) is 65.3 Å². The van der Waals surface area contributed by atoms with E-state index in [9.17, 15) is 4.79 Å². The van der Waals surface area contributed by atoms with E-state index in [1.165, 1.54) is 16.5 Å². The normalized spacial score (nSPS) is 20.5. The maximum Gasteiger partial charge on any atom is 0.419 e. The Labute approximate surface area is 168 Å². The number of rotatable bonds is 0. The lowest BCUT2D eigenvalue weighted by Gasteiger charge is -2.42. The molecule has 1 aromatic heterocycles. The molecule has 0 bridgehead atoms. The SMILES string of the molecule is CC(C)(C)OC(=O)n1c2c(c3ccccc31)CCN1CC=C(C(C)(C)C)CC21. The Morgan fingerprint density at radius 3 is 2.50 bits per heavy atom. The molecule has 4 heteroatoms. The Morgan fingerprint density at radius 2 is 1.82 bits per heavy atom. The molecule has 0 radical (unpaired) electrons. The first-order valence-corrected chi connectivity index (χ1v) is 10.4. The van der Waals surface area contributed by atoms with Crippen molar-refractivity contribution in [3.8, 4) is 0 Å². The largest absolute Gasteiger partial charge is 0.443 e. The summed E-state index contributed by atoms with van der Waals surface area (Å²) in [5, 5.41) is 1.19. The average molecular weight is 381 g/mol. The molecule has 0 spiro atoms. The predicted octanol–water partition coefficient (Wildman–Crippen LogP) is 5.70. The lowest BCUT2D eigenvalue weighted by Crippen LogP contribution is -2.41. The molecule has 28 heavy (non-hydrogen) atoms. The van der Waals surface area contributed by atoms with E-state index in [0.29, 0.717) is 0 Å². The van der Waals surface area contributed by atoms with Crippen LogP contribution in [-0.4, -0.2) is 34.3 Å². The van der Waals surface area contributed by atoms with Crippen LogP contribution < -0.4 is 0 Å². The molecule has 1 unspecified atom stereocenters. The molecule has 0 N–H and O–H groups in total. The molecule has 0 saturated heterocycles. The zero-order valence-electron chi connectivity index (χ0n) is 18.0. The highest BCUT2D eigenvalue weighted by molar-refractivity contribution is 5.94. The van der Waals surface area contributed by atoms with Crippen LogP contribution in [0.4, 0.5) is 4.79 Å². The minimum atomic E-state index is -0.521. The van der Waals surface area contributed by atoms with Crippen LogP contribution in [-0.2, 0) is 11.2 Å². The third-order valence-corrected chi connectivity index (χ3v) is 5.95. The van der Waals surface area contributed by atoms with Crippen LogP contribution in [0, 0.1) is 5.41 Å². The van der Waals surface area contributed by atoms with E-state index < -0.39 is 5.60 Å². The molecule has 3 heterocycles. The number of fused-ring (bicyclic) bond motifs is 5. The Balaban J connectivity index is 1.88. The van der Waals surface area contributed by atoms with Crippen molar-refractivity contribution in [3.63, 3.8) is 0 Å². The summed E-state index contributed by atoms with van der Waals surface area (Å²) in [5.41, 5.74) is 4.52. The van der Waals surface area contributed by atoms with Crippen LogP contribution in [0.3, 0.4) is 0 Å². The molecule has 0 saturated carbocycles. The number of nitrogens with zero attached hydrogens (tertiary/aromatic N) is 2. The molecule has 1 atom stereocenters. The maximum atomic E-state index is 13.3. The van der Waals surface area contributed by atoms with E-state index in [1.807, 2.05) is 37.5 Å². The standard InChI is InChI=1S/C24H32N2O2/c1-23(2,3)16-11-13-25-14-12-18-17-9-7-8-10-19(17)26(21(18)20(25)15-16)22(27)28-24(4,5)6/h7-11,20H,12-15H2,1-6H3. The van der Waals surface area contributed by atoms with Crippen molar-refractivity contribution >= 4 is 17.0 Å². The summed E-state index contributed by atoms with van der Waals surface area (Å²) in [7, 11) is 0. The summed E-state index contributed by atoms with van der Waals surface area (Å²) in [5.74, 6) is 0. The second kappa shape index (κ2) is 6.48. The fraction of sp³-hybridized carbons (Fsp3) is 0.542. The number of hydrogen-bond donors (Lipinski definition) is 0. The number of aromatic nitrogens is 1. The maximum absolute atomic E-state index is 13.3. The molecule has 0 aliphatic carbocycles. The molecular formula is C24H32N2O2. The van der Waals surface area contributed by atoms with Crippen molar-refractivity contribution in [2.45, 2.75) is 66.0 Å². The van der Waals surface area contributed by atoms with Crippen molar-refractivity contribution in [1.29, 1.82) is 0 Å². The van der Waals surface area contributed by atoms with Crippen LogP contribution in [0.15, 0.2) is 35.9 Å². The Bertz CT molecular complexity index is 953. The second-order valence-corrected chi connectivity index (χ2v) is 10.1. The molecule has 0 fully saturated rings. The first-order valence-electron chi connectivity index (χ1n) is 10.4. The Morgan fingerprint density at radius 1 is 1.11 bits per heavy atom. The third-order valence-electron chi connectivity index (χ3n) is 5.95. The van der Waals surface area contributed by atoms with Crippen molar-refractivity contribution < 1.29 is 9.53 Å². The van der Waals surface area contributed by atoms with Crippen molar-refractivity contribution in [1.82, 2.24) is 9.47 Å². The zero-order chi connectivity index (χ0) is 20.3. The molecule has 4 nitrogen and oxygen atoms in total. The van der Waals surface area contributed by atoms with Gasteiger partial charge in [0, 0.05) is 18.5 Å². The highest BCUT2D eigenvalue weighted by Crippen LogP contribution is 2.45. The third kappa shape index (κ3) is 3.28. The molecule has 2 aliphatic heterocycles. The highest BCUT2D eigenvalue weighted by atomic mass is 16.6. The van der Waals surface area contributed by atoms with Crippen LogP contribution in [0.2, 0.25) is 0 Å². The van der Waals surface area contributed by atoms with E-state index >= 15 is 0 Å². The van der Waals surface area contributed by atoms with Gasteiger partial charge in [-0.15, -0.1) is 0 Å². The summed E-state index contributed by atoms with van der Waals surface area (Å²) in [6, 6.07) is 8.49. The van der Waals surface area contributed by atoms with Gasteiger partial charge >= 0.3 is 6.09 Å². The lowest BCUT2D eigenvalue weighted by molar-refractivity contribution is 0.0525. The van der Waals surface area contributed by atoms with Gasteiger partial charge in [0.05, 0.1) is 17.3 Å². The fourth-order valence-corrected chi connectivity index (χ4v) is 4.60. The average Bonchev–Trinajstić information content (AvgIpc) is 2.94. The molecule has 2 aromatic rings. The first kappa shape index (κ1) is 19.3. The van der Waals surface area contributed by atoms with E-state index in [-0.39, 0.29) is 17.6 Å². The van der Waals surface area contributed by atoms with E-state index in [0.717, 1.165) is 37.1 Å². The number of hydrogen-bond acceptors (Lipinski definition) is 3. The summed E-state index contributed by atoms with van der Waals surface area (Å²) in [4.78, 5) is 15.8. The van der Waals surface area contributed by atoms with E-state index in [1.54, 1.807) is 0 Å². The van der Waals surface area contributed by atoms with Gasteiger partial charge in [-0.25, -0.2) is 9.36 Å². The first-order chi connectivity index (χ1) is 13.1. The summed E-state index contributed by atoms with van der Waals surface area (Å²) >= 11 is 0. The predicted molar refractivity (Wildman–Crippen MR) is 114 cm³/mol. The highest BCUT2D eigenvalue weighted by Gasteiger charge is 2.38. The fourth-order valence-electron chi connectivity index (χ4n) is 4.60. The minimum Gasteiger partial charge on any atom is -0.443 e. The molecular weight excluding hydrogens is 348 g/mol. The Kier molecular flexibility index (Phi) is 4.46. The zero-order valence-corrected chi connectivity index (χ0v) is 18.0. The quantitative estimate of drug-likeness (QED) is 0.550. The number of para-hydroxylation sites is 1. The van der Waals surface area contributed by atoms with Gasteiger partial charge in [0.2, 0.25) is 0 Å². The summed E-state index contributed by atoms with van der Waals surface area (Å²) in [6.45, 7) is 14.6. The number of benzene rings is 1. The lowest BCUT2D eigenvalue weighted by atomic mass is 9.78. The van der Waals surface area contributed by atoms with Gasteiger partial charge in [-0.2, -0.15) is 0 Å². The van der Waals surface area contributed by atoms with Gasteiger partial charge in [0.25, 0.3) is 0 Å². The molecule has 2 aliphatic rings. The van der Waals surface area contributed by atoms with Crippen molar-refractivity contribution in [3.05, 3.63) is 47.2 Å². The number of carbonyl (C=O) groups excluding carboxylic acids is 1. The van der Waals surface area contributed by atoms with E-state index in [2.05, 4.69) is 43.9 Å². The van der Waals surface area contributed by atoms with Gasteiger partial charge < -0.3 is 4.74 Å². The second-order valence-electron chi connectivity index (χ2n) is 10.1. The Hall–Kier alpha value is -2.07. The molecule has 0 amide bonds. The topological polar surface area (TPSA) is 34.5 Å². The summed E-state index contributed by atoms with van der Waals surface area (Å²) in [6.07, 6.45) is 4.07. The van der Waals surface area contributed by atoms with Gasteiger partial charge in [0.1, 0.15) is 5.60 Å². The molecule has 4 rings (SSSR count).